The Balaban J connectivity index is 1.29. The number of aromatic nitrogens is 3. The molecule has 0 aliphatic carbocycles. The molecule has 5 heterocycles. The third-order valence-electron chi connectivity index (χ3n) is 5.90. The van der Waals surface area contributed by atoms with Gasteiger partial charge in [0, 0.05) is 36.2 Å². The Morgan fingerprint density at radius 1 is 1.26 bits per heavy atom. The Kier molecular flexibility index (Phi) is 7.28. The minimum Gasteiger partial charge on any atom is -0.383 e. The van der Waals surface area contributed by atoms with Crippen molar-refractivity contribution in [3.05, 3.63) is 63.2 Å². The zero-order valence-corrected chi connectivity index (χ0v) is 21.1. The van der Waals surface area contributed by atoms with E-state index in [1.807, 2.05) is 12.1 Å². The summed E-state index contributed by atoms with van der Waals surface area (Å²) in [6.45, 7) is 1.57. The van der Waals surface area contributed by atoms with Gasteiger partial charge >= 0.3 is 13.5 Å². The molecular weight excluding hydrogens is 521 g/mol. The largest absolute Gasteiger partial charge is 0.475 e. The van der Waals surface area contributed by atoms with Crippen LogP contribution in [0.2, 0.25) is 0 Å². The molecule has 0 radical (unpaired) electrons. The van der Waals surface area contributed by atoms with Crippen molar-refractivity contribution in [2.24, 2.45) is 0 Å². The first kappa shape index (κ1) is 25.2. The van der Waals surface area contributed by atoms with Gasteiger partial charge in [-0.25, -0.2) is 9.36 Å². The van der Waals surface area contributed by atoms with Crippen molar-refractivity contribution in [1.82, 2.24) is 14.5 Å². The third kappa shape index (κ3) is 5.31. The lowest BCUT2D eigenvalue weighted by molar-refractivity contribution is -0.0983. The molecule has 7 atom stereocenters. The zero-order chi connectivity index (χ0) is 24.6. The molecule has 35 heavy (non-hydrogen) atoms. The van der Waals surface area contributed by atoms with Gasteiger partial charge in [-0.3, -0.25) is 32.9 Å². The molecule has 2 N–H and O–H groups in total. The number of phosphoric acid groups is 1. The van der Waals surface area contributed by atoms with Crippen LogP contribution in [0.5, 0.6) is 0 Å². The van der Waals surface area contributed by atoms with Crippen LogP contribution in [0, 0.1) is 0 Å². The van der Waals surface area contributed by atoms with Crippen molar-refractivity contribution in [3.63, 3.8) is 0 Å². The van der Waals surface area contributed by atoms with Gasteiger partial charge in [0.25, 0.3) is 5.56 Å². The fourth-order valence-corrected chi connectivity index (χ4v) is 8.30. The van der Waals surface area contributed by atoms with E-state index in [1.54, 1.807) is 34.0 Å². The van der Waals surface area contributed by atoms with Gasteiger partial charge in [-0.15, -0.1) is 0 Å². The summed E-state index contributed by atoms with van der Waals surface area (Å²) in [7, 11) is -0.908. The molecule has 3 aliphatic heterocycles. The summed E-state index contributed by atoms with van der Waals surface area (Å²) >= 11 is 0. The van der Waals surface area contributed by atoms with Gasteiger partial charge in [0.05, 0.1) is 19.3 Å². The number of hydrogen-bond acceptors (Lipinski definition) is 12. The maximum atomic E-state index is 13.5. The molecule has 1 unspecified atom stereocenters. The SMILES string of the molecule is C[C@@]1(O)[C@@H]2OP(=O)(O[C@H]3CSSC[C@@H]3OCc3ccncc3)OC[C@H]2O[C@H]1n1ccc(=O)[nH]c1=O. The first-order valence-corrected chi connectivity index (χ1v) is 14.8. The Hall–Kier alpha value is -1.48. The first-order chi connectivity index (χ1) is 16.7. The average molecular weight is 546 g/mol. The number of rotatable bonds is 6. The number of aromatic amines is 1. The summed E-state index contributed by atoms with van der Waals surface area (Å²) in [5.41, 5.74) is -2.16. The van der Waals surface area contributed by atoms with Crippen molar-refractivity contribution >= 4 is 29.4 Å². The number of nitrogens with one attached hydrogen (secondary N) is 1. The van der Waals surface area contributed by atoms with Crippen molar-refractivity contribution in [1.29, 1.82) is 0 Å². The van der Waals surface area contributed by atoms with E-state index in [1.165, 1.54) is 13.1 Å². The standard InChI is InChI=1S/C20H24N3O9PS2/c1-20(26)17-13(30-18(20)23-7-4-16(24)22-19(23)25)9-29-33(27,32-17)31-15-11-35-34-10-14(15)28-8-12-2-5-21-6-3-12/h2-7,13-15,17-18,26H,8-11H2,1H3,(H,22,24,25)/t13-,14+,15+,17-,18-,20-,33?/m1/s1. The number of pyridine rings is 1. The summed E-state index contributed by atoms with van der Waals surface area (Å²) in [5.74, 6) is 1.11. The zero-order valence-electron chi connectivity index (χ0n) is 18.6. The number of aliphatic hydroxyl groups is 1. The molecule has 0 amide bonds. The van der Waals surface area contributed by atoms with E-state index in [2.05, 4.69) is 9.97 Å². The van der Waals surface area contributed by atoms with Gasteiger partial charge in [-0.2, -0.15) is 0 Å². The third-order valence-corrected chi connectivity index (χ3v) is 9.79. The number of H-pyrrole nitrogens is 1. The molecule has 0 bridgehead atoms. The lowest BCUT2D eigenvalue weighted by Gasteiger charge is -2.38. The molecule has 3 aliphatic rings. The number of hydrogen-bond donors (Lipinski definition) is 2. The molecule has 3 saturated heterocycles. The van der Waals surface area contributed by atoms with Crippen LogP contribution in [0.4, 0.5) is 0 Å². The lowest BCUT2D eigenvalue weighted by Crippen LogP contribution is -2.49. The number of fused-ring (bicyclic) bond motifs is 1. The summed E-state index contributed by atoms with van der Waals surface area (Å²) in [6.07, 6.45) is 0.530. The second kappa shape index (κ2) is 10.1. The van der Waals surface area contributed by atoms with Gasteiger partial charge in [0.2, 0.25) is 0 Å². The van der Waals surface area contributed by atoms with Crippen LogP contribution in [0.15, 0.2) is 46.4 Å². The van der Waals surface area contributed by atoms with Crippen LogP contribution in [0.1, 0.15) is 18.7 Å². The maximum Gasteiger partial charge on any atom is 0.475 e. The molecular formula is C20H24N3O9PS2. The molecule has 0 aromatic carbocycles. The van der Waals surface area contributed by atoms with Gasteiger partial charge in [0.1, 0.15) is 23.9 Å². The van der Waals surface area contributed by atoms with Crippen molar-refractivity contribution in [3.8, 4) is 0 Å². The van der Waals surface area contributed by atoms with Crippen LogP contribution in [-0.2, 0) is 34.2 Å². The predicted molar refractivity (Wildman–Crippen MR) is 127 cm³/mol. The number of nitrogens with zero attached hydrogens (tertiary/aromatic N) is 2. The molecule has 190 valence electrons. The monoisotopic (exact) mass is 545 g/mol. The van der Waals surface area contributed by atoms with Crippen LogP contribution in [-0.4, -0.2) is 67.8 Å². The highest BCUT2D eigenvalue weighted by Crippen LogP contribution is 2.60. The Morgan fingerprint density at radius 3 is 2.74 bits per heavy atom. The molecule has 15 heteroatoms. The Labute approximate surface area is 207 Å². The minimum absolute atomic E-state index is 0.177. The van der Waals surface area contributed by atoms with Gasteiger partial charge in [-0.05, 0) is 24.6 Å². The summed E-state index contributed by atoms with van der Waals surface area (Å²) in [6, 6.07) is 4.84. The minimum atomic E-state index is -4.10. The number of phosphoric ester groups is 1. The highest BCUT2D eigenvalue weighted by atomic mass is 33.1. The molecule has 3 fully saturated rings. The van der Waals surface area contributed by atoms with Crippen LogP contribution < -0.4 is 11.2 Å². The van der Waals surface area contributed by atoms with E-state index < -0.39 is 49.2 Å². The van der Waals surface area contributed by atoms with E-state index in [0.717, 1.165) is 16.2 Å². The summed E-state index contributed by atoms with van der Waals surface area (Å²) in [4.78, 5) is 29.8. The van der Waals surface area contributed by atoms with Crippen LogP contribution >= 0.6 is 29.4 Å². The Morgan fingerprint density at radius 2 is 2.00 bits per heavy atom. The molecule has 0 spiro atoms. The average Bonchev–Trinajstić information content (AvgIpc) is 3.08. The van der Waals surface area contributed by atoms with E-state index in [-0.39, 0.29) is 12.7 Å². The predicted octanol–water partition coefficient (Wildman–Crippen LogP) is 1.47. The number of ether oxygens (including phenoxy) is 2. The Bertz CT molecular complexity index is 1210. The summed E-state index contributed by atoms with van der Waals surface area (Å²) in [5, 5.41) is 11.2. The van der Waals surface area contributed by atoms with Crippen molar-refractivity contribution in [2.75, 3.05) is 18.1 Å². The molecule has 0 saturated carbocycles. The van der Waals surface area contributed by atoms with E-state index >= 15 is 0 Å². The van der Waals surface area contributed by atoms with Gasteiger partial charge in [0.15, 0.2) is 6.23 Å². The lowest BCUT2D eigenvalue weighted by atomic mass is 9.96. The highest BCUT2D eigenvalue weighted by Gasteiger charge is 2.60. The first-order valence-electron chi connectivity index (χ1n) is 10.8. The van der Waals surface area contributed by atoms with Crippen molar-refractivity contribution < 1.29 is 32.7 Å². The second-order valence-electron chi connectivity index (χ2n) is 8.46. The second-order valence-corrected chi connectivity index (χ2v) is 12.6. The maximum absolute atomic E-state index is 13.5. The van der Waals surface area contributed by atoms with Gasteiger partial charge in [-0.1, -0.05) is 21.6 Å². The molecule has 5 rings (SSSR count). The van der Waals surface area contributed by atoms with Crippen LogP contribution in [0.3, 0.4) is 0 Å². The molecule has 2 aromatic heterocycles. The van der Waals surface area contributed by atoms with Gasteiger partial charge < -0.3 is 14.6 Å². The smallest absolute Gasteiger partial charge is 0.383 e. The van der Waals surface area contributed by atoms with E-state index in [4.69, 9.17) is 23.0 Å². The fraction of sp³-hybridized carbons (Fsp3) is 0.550. The highest BCUT2D eigenvalue weighted by molar-refractivity contribution is 8.76. The van der Waals surface area contributed by atoms with Crippen molar-refractivity contribution in [2.45, 2.75) is 49.8 Å². The van der Waals surface area contributed by atoms with Crippen LogP contribution in [0.25, 0.3) is 0 Å². The normalized spacial score (nSPS) is 37.1. The summed E-state index contributed by atoms with van der Waals surface area (Å²) < 4.78 is 43.4. The van der Waals surface area contributed by atoms with E-state index in [9.17, 15) is 19.3 Å². The molecule has 2 aromatic rings. The topological polar surface area (TPSA) is 151 Å². The quantitative estimate of drug-likeness (QED) is 0.399. The van der Waals surface area contributed by atoms with E-state index in [0.29, 0.717) is 18.1 Å². The molecule has 12 nitrogen and oxygen atoms in total. The fourth-order valence-electron chi connectivity index (χ4n) is 4.09.